The SMILES string of the molecule is C[C@H]1C(=O)O[C@H]2CCCN3C(=O)CC[C@H]3[C@@H]21. The Kier molecular flexibility index (Phi) is 2.19. The number of fused-ring (bicyclic) bond motifs is 3. The third kappa shape index (κ3) is 1.28. The van der Waals surface area contributed by atoms with Crippen LogP contribution in [-0.4, -0.2) is 35.5 Å². The maximum atomic E-state index is 11.7. The lowest BCUT2D eigenvalue weighted by atomic mass is 9.83. The predicted octanol–water partition coefficient (Wildman–Crippen LogP) is 0.949. The van der Waals surface area contributed by atoms with Crippen LogP contribution < -0.4 is 0 Å². The van der Waals surface area contributed by atoms with E-state index in [0.717, 1.165) is 25.8 Å². The van der Waals surface area contributed by atoms with E-state index < -0.39 is 0 Å². The van der Waals surface area contributed by atoms with Crippen molar-refractivity contribution < 1.29 is 14.3 Å². The predicted molar refractivity (Wildman–Crippen MR) is 56.5 cm³/mol. The van der Waals surface area contributed by atoms with E-state index in [0.29, 0.717) is 6.42 Å². The van der Waals surface area contributed by atoms with Crippen molar-refractivity contribution in [1.29, 1.82) is 0 Å². The Bertz CT molecular complexity index is 339. The van der Waals surface area contributed by atoms with Gasteiger partial charge in [0.2, 0.25) is 5.91 Å². The Morgan fingerprint density at radius 3 is 2.94 bits per heavy atom. The van der Waals surface area contributed by atoms with Gasteiger partial charge in [0.25, 0.3) is 0 Å². The summed E-state index contributed by atoms with van der Waals surface area (Å²) in [4.78, 5) is 25.3. The van der Waals surface area contributed by atoms with Gasteiger partial charge in [-0.2, -0.15) is 0 Å². The largest absolute Gasteiger partial charge is 0.462 e. The molecule has 3 rings (SSSR count). The zero-order chi connectivity index (χ0) is 11.3. The lowest BCUT2D eigenvalue weighted by Gasteiger charge is -2.29. The van der Waals surface area contributed by atoms with E-state index in [4.69, 9.17) is 4.74 Å². The van der Waals surface area contributed by atoms with Crippen LogP contribution in [0.1, 0.15) is 32.6 Å². The van der Waals surface area contributed by atoms with Crippen LogP contribution in [0.15, 0.2) is 0 Å². The van der Waals surface area contributed by atoms with Gasteiger partial charge in [-0.15, -0.1) is 0 Å². The summed E-state index contributed by atoms with van der Waals surface area (Å²) >= 11 is 0. The Morgan fingerprint density at radius 2 is 2.12 bits per heavy atom. The van der Waals surface area contributed by atoms with Crippen molar-refractivity contribution in [3.63, 3.8) is 0 Å². The molecule has 0 aliphatic carbocycles. The molecule has 3 aliphatic rings. The van der Waals surface area contributed by atoms with Gasteiger partial charge in [-0.05, 0) is 19.3 Å². The molecule has 0 unspecified atom stereocenters. The summed E-state index contributed by atoms with van der Waals surface area (Å²) in [6.45, 7) is 2.79. The number of esters is 1. The highest BCUT2D eigenvalue weighted by molar-refractivity contribution is 5.80. The van der Waals surface area contributed by atoms with Crippen molar-refractivity contribution in [2.75, 3.05) is 6.54 Å². The van der Waals surface area contributed by atoms with Crippen LogP contribution >= 0.6 is 0 Å². The third-order valence-corrected chi connectivity index (χ3v) is 4.35. The van der Waals surface area contributed by atoms with E-state index in [-0.39, 0.29) is 35.9 Å². The molecule has 3 heterocycles. The molecule has 0 radical (unpaired) electrons. The van der Waals surface area contributed by atoms with E-state index in [2.05, 4.69) is 0 Å². The van der Waals surface area contributed by atoms with E-state index in [1.165, 1.54) is 0 Å². The smallest absolute Gasteiger partial charge is 0.309 e. The quantitative estimate of drug-likeness (QED) is 0.574. The normalized spacial score (nSPS) is 42.7. The summed E-state index contributed by atoms with van der Waals surface area (Å²) in [5.41, 5.74) is 0. The molecule has 3 aliphatic heterocycles. The first-order valence-electron chi connectivity index (χ1n) is 6.18. The number of rotatable bonds is 0. The standard InChI is InChI=1S/C12H17NO3/c1-7-11-8-4-5-10(14)13(8)6-2-3-9(11)16-12(7)15/h7-9,11H,2-6H2,1H3/t7-,8+,9+,11+/m1/s1. The van der Waals surface area contributed by atoms with Crippen molar-refractivity contribution in [2.45, 2.75) is 44.8 Å². The number of ether oxygens (including phenoxy) is 1. The van der Waals surface area contributed by atoms with E-state index in [1.807, 2.05) is 11.8 Å². The van der Waals surface area contributed by atoms with Crippen molar-refractivity contribution in [3.05, 3.63) is 0 Å². The topological polar surface area (TPSA) is 46.6 Å². The Balaban J connectivity index is 1.91. The number of carbonyl (C=O) groups is 2. The Hall–Kier alpha value is -1.06. The molecule has 0 aromatic heterocycles. The maximum absolute atomic E-state index is 11.7. The van der Waals surface area contributed by atoms with Gasteiger partial charge in [-0.1, -0.05) is 6.92 Å². The average molecular weight is 223 g/mol. The van der Waals surface area contributed by atoms with Crippen molar-refractivity contribution in [3.8, 4) is 0 Å². The van der Waals surface area contributed by atoms with Gasteiger partial charge in [0.1, 0.15) is 6.10 Å². The second-order valence-corrected chi connectivity index (χ2v) is 5.18. The molecule has 0 bridgehead atoms. The highest BCUT2D eigenvalue weighted by Gasteiger charge is 2.51. The first-order chi connectivity index (χ1) is 7.68. The summed E-state index contributed by atoms with van der Waals surface area (Å²) in [6.07, 6.45) is 3.49. The van der Waals surface area contributed by atoms with Crippen LogP contribution in [-0.2, 0) is 14.3 Å². The molecule has 3 fully saturated rings. The lowest BCUT2D eigenvalue weighted by Crippen LogP contribution is -2.41. The number of amides is 1. The number of nitrogens with zero attached hydrogens (tertiary/aromatic N) is 1. The van der Waals surface area contributed by atoms with Crippen LogP contribution in [0.4, 0.5) is 0 Å². The van der Waals surface area contributed by atoms with Crippen molar-refractivity contribution in [1.82, 2.24) is 4.90 Å². The van der Waals surface area contributed by atoms with Crippen LogP contribution in [0.5, 0.6) is 0 Å². The fourth-order valence-electron chi connectivity index (χ4n) is 3.56. The minimum atomic E-state index is -0.0730. The zero-order valence-corrected chi connectivity index (χ0v) is 9.52. The molecule has 3 saturated heterocycles. The molecule has 88 valence electrons. The molecule has 16 heavy (non-hydrogen) atoms. The molecular weight excluding hydrogens is 206 g/mol. The van der Waals surface area contributed by atoms with E-state index in [1.54, 1.807) is 0 Å². The van der Waals surface area contributed by atoms with Gasteiger partial charge >= 0.3 is 5.97 Å². The monoisotopic (exact) mass is 223 g/mol. The number of hydrogen-bond donors (Lipinski definition) is 0. The Morgan fingerprint density at radius 1 is 1.31 bits per heavy atom. The first-order valence-corrected chi connectivity index (χ1v) is 6.18. The highest BCUT2D eigenvalue weighted by Crippen LogP contribution is 2.41. The van der Waals surface area contributed by atoms with Crippen molar-refractivity contribution in [2.24, 2.45) is 11.8 Å². The molecule has 4 atom stereocenters. The third-order valence-electron chi connectivity index (χ3n) is 4.35. The minimum Gasteiger partial charge on any atom is -0.462 e. The molecule has 0 spiro atoms. The molecule has 4 heteroatoms. The summed E-state index contributed by atoms with van der Waals surface area (Å²) < 4.78 is 5.42. The summed E-state index contributed by atoms with van der Waals surface area (Å²) in [5, 5.41) is 0. The van der Waals surface area contributed by atoms with Gasteiger partial charge in [0, 0.05) is 24.9 Å². The fourth-order valence-corrected chi connectivity index (χ4v) is 3.56. The Labute approximate surface area is 94.9 Å². The van der Waals surface area contributed by atoms with Gasteiger partial charge in [0.05, 0.1) is 5.92 Å². The first kappa shape index (κ1) is 10.1. The lowest BCUT2D eigenvalue weighted by molar-refractivity contribution is -0.144. The van der Waals surface area contributed by atoms with Gasteiger partial charge in [0.15, 0.2) is 0 Å². The number of hydrogen-bond acceptors (Lipinski definition) is 3. The maximum Gasteiger partial charge on any atom is 0.309 e. The molecule has 4 nitrogen and oxygen atoms in total. The molecule has 0 N–H and O–H groups in total. The number of carbonyl (C=O) groups excluding carboxylic acids is 2. The molecule has 0 aromatic rings. The summed E-state index contributed by atoms with van der Waals surface area (Å²) in [6, 6.07) is 0.251. The second kappa shape index (κ2) is 3.47. The molecule has 0 saturated carbocycles. The average Bonchev–Trinajstić information content (AvgIpc) is 2.67. The minimum absolute atomic E-state index is 0.0403. The van der Waals surface area contributed by atoms with Crippen LogP contribution in [0.25, 0.3) is 0 Å². The summed E-state index contributed by atoms with van der Waals surface area (Å²) in [7, 11) is 0. The van der Waals surface area contributed by atoms with Crippen LogP contribution in [0.3, 0.4) is 0 Å². The molecule has 0 aromatic carbocycles. The fraction of sp³-hybridized carbons (Fsp3) is 0.833. The van der Waals surface area contributed by atoms with Crippen LogP contribution in [0, 0.1) is 11.8 Å². The van der Waals surface area contributed by atoms with E-state index >= 15 is 0 Å². The second-order valence-electron chi connectivity index (χ2n) is 5.18. The highest BCUT2D eigenvalue weighted by atomic mass is 16.6. The van der Waals surface area contributed by atoms with Gasteiger partial charge in [-0.25, -0.2) is 0 Å². The van der Waals surface area contributed by atoms with Crippen LogP contribution in [0.2, 0.25) is 0 Å². The summed E-state index contributed by atoms with van der Waals surface area (Å²) in [5.74, 6) is 0.386. The molecular formula is C12H17NO3. The van der Waals surface area contributed by atoms with Gasteiger partial charge < -0.3 is 9.64 Å². The zero-order valence-electron chi connectivity index (χ0n) is 9.52. The van der Waals surface area contributed by atoms with Gasteiger partial charge in [-0.3, -0.25) is 9.59 Å². The molecule has 1 amide bonds. The van der Waals surface area contributed by atoms with E-state index in [9.17, 15) is 9.59 Å². The van der Waals surface area contributed by atoms with Crippen molar-refractivity contribution >= 4 is 11.9 Å².